The fraction of sp³-hybridized carbons (Fsp3) is 0.583. The van der Waals surface area contributed by atoms with Crippen LogP contribution in [0, 0.1) is 0 Å². The van der Waals surface area contributed by atoms with E-state index >= 15 is 0 Å². The zero-order valence-corrected chi connectivity index (χ0v) is 21.6. The van der Waals surface area contributed by atoms with E-state index in [0.717, 1.165) is 62.6 Å². The lowest BCUT2D eigenvalue weighted by Crippen LogP contribution is -2.65. The predicted octanol–water partition coefficient (Wildman–Crippen LogP) is 0.637. The van der Waals surface area contributed by atoms with Gasteiger partial charge in [-0.2, -0.15) is 0 Å². The van der Waals surface area contributed by atoms with Gasteiger partial charge in [-0.25, -0.2) is 13.1 Å². The highest BCUT2D eigenvalue weighted by Crippen LogP contribution is 2.29. The van der Waals surface area contributed by atoms with Gasteiger partial charge < -0.3 is 10.1 Å². The highest BCUT2D eigenvalue weighted by molar-refractivity contribution is 7.88. The number of alkyl halides is 1. The smallest absolute Gasteiger partial charge is 0.209 e. The summed E-state index contributed by atoms with van der Waals surface area (Å²) in [7, 11) is -3.25. The summed E-state index contributed by atoms with van der Waals surface area (Å²) in [6.07, 6.45) is 8.95. The van der Waals surface area contributed by atoms with Crippen LogP contribution < -0.4 is 20.7 Å². The SMILES string of the molecule is CS(=O)(=O)NCc1cccc(C2CN3C(Cl)CNC3C(NC3=CCC(N4CCOCC4)C=C3)N2)c1. The molecule has 3 aliphatic heterocycles. The molecule has 3 saturated heterocycles. The molecule has 5 rings (SSSR count). The van der Waals surface area contributed by atoms with Crippen LogP contribution in [0.1, 0.15) is 23.6 Å². The number of benzene rings is 1. The van der Waals surface area contributed by atoms with Gasteiger partial charge in [-0.05, 0) is 23.6 Å². The van der Waals surface area contributed by atoms with Gasteiger partial charge in [0, 0.05) is 50.5 Å². The van der Waals surface area contributed by atoms with Crippen molar-refractivity contribution < 1.29 is 13.2 Å². The number of piperazine rings is 1. The van der Waals surface area contributed by atoms with E-state index in [0.29, 0.717) is 6.04 Å². The van der Waals surface area contributed by atoms with Gasteiger partial charge in [0.05, 0.1) is 31.1 Å². The molecule has 0 spiro atoms. The Labute approximate surface area is 212 Å². The van der Waals surface area contributed by atoms with E-state index in [1.807, 2.05) is 12.1 Å². The first-order valence-electron chi connectivity index (χ1n) is 12.3. The zero-order valence-electron chi connectivity index (χ0n) is 20.0. The Morgan fingerprint density at radius 1 is 1.26 bits per heavy atom. The lowest BCUT2D eigenvalue weighted by Gasteiger charge is -2.44. The van der Waals surface area contributed by atoms with Crippen LogP contribution in [0.4, 0.5) is 0 Å². The normalized spacial score (nSPS) is 32.3. The van der Waals surface area contributed by atoms with Crippen LogP contribution in [0.5, 0.6) is 0 Å². The summed E-state index contributed by atoms with van der Waals surface area (Å²) < 4.78 is 31.1. The molecule has 1 aliphatic carbocycles. The largest absolute Gasteiger partial charge is 0.379 e. The Balaban J connectivity index is 1.27. The summed E-state index contributed by atoms with van der Waals surface area (Å²) in [6, 6.07) is 8.53. The molecular formula is C24H35ClN6O3S. The van der Waals surface area contributed by atoms with Crippen molar-refractivity contribution >= 4 is 21.6 Å². The Hall–Kier alpha value is -1.50. The number of sulfonamides is 1. The van der Waals surface area contributed by atoms with E-state index in [1.54, 1.807) is 0 Å². The van der Waals surface area contributed by atoms with E-state index in [9.17, 15) is 8.42 Å². The van der Waals surface area contributed by atoms with Crippen molar-refractivity contribution in [2.24, 2.45) is 0 Å². The third kappa shape index (κ3) is 6.26. The van der Waals surface area contributed by atoms with Gasteiger partial charge in [0.2, 0.25) is 10.0 Å². The standard InChI is InChI=1S/C24H35ClN6O3S/c1-35(32,33)27-14-17-3-2-4-18(13-17)21-16-31-22(25)15-26-24(31)23(29-21)28-19-5-7-20(8-6-19)30-9-11-34-12-10-30/h2-7,13,20-24,26-29H,8-12,14-16H2,1H3. The van der Waals surface area contributed by atoms with Crippen LogP contribution in [-0.4, -0.2) is 87.7 Å². The van der Waals surface area contributed by atoms with E-state index in [4.69, 9.17) is 16.3 Å². The molecule has 1 aromatic rings. The third-order valence-corrected chi connectivity index (χ3v) is 8.18. The molecule has 5 atom stereocenters. The highest BCUT2D eigenvalue weighted by atomic mass is 35.5. The Kier molecular flexibility index (Phi) is 7.81. The molecule has 4 N–H and O–H groups in total. The van der Waals surface area contributed by atoms with Gasteiger partial charge in [0.1, 0.15) is 6.17 Å². The lowest BCUT2D eigenvalue weighted by molar-refractivity contribution is 0.0258. The molecule has 3 heterocycles. The fourth-order valence-corrected chi connectivity index (χ4v) is 5.99. The van der Waals surface area contributed by atoms with Crippen LogP contribution in [0.3, 0.4) is 0 Å². The Morgan fingerprint density at radius 3 is 2.83 bits per heavy atom. The number of hydrogen-bond donors (Lipinski definition) is 4. The number of ether oxygens (including phenoxy) is 1. The molecule has 0 radical (unpaired) electrons. The minimum Gasteiger partial charge on any atom is -0.379 e. The molecule has 0 saturated carbocycles. The van der Waals surface area contributed by atoms with Crippen LogP contribution in [0.15, 0.2) is 48.2 Å². The molecule has 11 heteroatoms. The van der Waals surface area contributed by atoms with Crippen LogP contribution in [0.2, 0.25) is 0 Å². The number of nitrogens with one attached hydrogen (secondary N) is 4. The first-order valence-corrected chi connectivity index (χ1v) is 14.6. The van der Waals surface area contributed by atoms with Gasteiger partial charge in [-0.15, -0.1) is 11.6 Å². The van der Waals surface area contributed by atoms with Crippen LogP contribution in [0.25, 0.3) is 0 Å². The number of fused-ring (bicyclic) bond motifs is 1. The number of morpholine rings is 1. The van der Waals surface area contributed by atoms with Crippen molar-refractivity contribution in [2.75, 3.05) is 45.6 Å². The molecule has 4 aliphatic rings. The predicted molar refractivity (Wildman–Crippen MR) is 137 cm³/mol. The molecule has 0 amide bonds. The number of allylic oxidation sites excluding steroid dienone is 1. The molecule has 0 aromatic heterocycles. The first-order chi connectivity index (χ1) is 16.9. The lowest BCUT2D eigenvalue weighted by atomic mass is 10.00. The van der Waals surface area contributed by atoms with E-state index in [2.05, 4.69) is 60.8 Å². The second-order valence-electron chi connectivity index (χ2n) is 9.63. The number of nitrogens with zero attached hydrogens (tertiary/aromatic N) is 2. The summed E-state index contributed by atoms with van der Waals surface area (Å²) in [4.78, 5) is 4.78. The molecule has 3 fully saturated rings. The van der Waals surface area contributed by atoms with E-state index in [1.165, 1.54) is 6.26 Å². The van der Waals surface area contributed by atoms with Gasteiger partial charge in [0.15, 0.2) is 0 Å². The number of hydrogen-bond acceptors (Lipinski definition) is 8. The molecular weight excluding hydrogens is 488 g/mol. The number of halogens is 1. The molecule has 5 unspecified atom stereocenters. The molecule has 35 heavy (non-hydrogen) atoms. The van der Waals surface area contributed by atoms with Gasteiger partial charge in [-0.3, -0.25) is 20.4 Å². The van der Waals surface area contributed by atoms with Crippen LogP contribution >= 0.6 is 11.6 Å². The summed E-state index contributed by atoms with van der Waals surface area (Å²) in [6.45, 7) is 5.34. The second-order valence-corrected chi connectivity index (χ2v) is 12.0. The molecule has 1 aromatic carbocycles. The van der Waals surface area contributed by atoms with E-state index < -0.39 is 10.0 Å². The molecule has 192 valence electrons. The minimum absolute atomic E-state index is 0.0360. The summed E-state index contributed by atoms with van der Waals surface area (Å²) in [5, 5.41) is 11.0. The Morgan fingerprint density at radius 2 is 2.09 bits per heavy atom. The monoisotopic (exact) mass is 522 g/mol. The van der Waals surface area contributed by atoms with Gasteiger partial charge in [-0.1, -0.05) is 36.4 Å². The third-order valence-electron chi connectivity index (χ3n) is 7.11. The van der Waals surface area contributed by atoms with Crippen molar-refractivity contribution in [3.63, 3.8) is 0 Å². The van der Waals surface area contributed by atoms with Crippen molar-refractivity contribution in [3.8, 4) is 0 Å². The average molecular weight is 523 g/mol. The summed E-state index contributed by atoms with van der Waals surface area (Å²) in [5.41, 5.74) is 3.07. The van der Waals surface area contributed by atoms with Crippen LogP contribution in [-0.2, 0) is 21.3 Å². The van der Waals surface area contributed by atoms with Crippen molar-refractivity contribution in [1.29, 1.82) is 0 Å². The fourth-order valence-electron chi connectivity index (χ4n) is 5.27. The number of rotatable bonds is 7. The maximum Gasteiger partial charge on any atom is 0.209 e. The quantitative estimate of drug-likeness (QED) is 0.306. The first kappa shape index (κ1) is 25.2. The van der Waals surface area contributed by atoms with E-state index in [-0.39, 0.29) is 30.4 Å². The summed E-state index contributed by atoms with van der Waals surface area (Å²) >= 11 is 6.67. The maximum absolute atomic E-state index is 11.5. The van der Waals surface area contributed by atoms with Crippen molar-refractivity contribution in [3.05, 3.63) is 59.3 Å². The van der Waals surface area contributed by atoms with Gasteiger partial charge in [0.25, 0.3) is 0 Å². The van der Waals surface area contributed by atoms with Gasteiger partial charge >= 0.3 is 0 Å². The topological polar surface area (TPSA) is 98.0 Å². The average Bonchev–Trinajstić information content (AvgIpc) is 3.24. The van der Waals surface area contributed by atoms with Crippen molar-refractivity contribution in [2.45, 2.75) is 42.9 Å². The molecule has 0 bridgehead atoms. The second kappa shape index (κ2) is 10.9. The highest BCUT2D eigenvalue weighted by Gasteiger charge is 2.43. The Bertz CT molecular complexity index is 1060. The minimum atomic E-state index is -3.25. The zero-order chi connectivity index (χ0) is 24.4. The molecule has 9 nitrogen and oxygen atoms in total. The maximum atomic E-state index is 11.5. The van der Waals surface area contributed by atoms with Crippen molar-refractivity contribution in [1.82, 2.24) is 30.5 Å². The summed E-state index contributed by atoms with van der Waals surface area (Å²) in [5.74, 6) is 0.